The van der Waals surface area contributed by atoms with Crippen LogP contribution in [-0.2, 0) is 16.0 Å². The molecular weight excluding hydrogens is 300 g/mol. The van der Waals surface area contributed by atoms with E-state index in [4.69, 9.17) is 4.74 Å². The molecule has 0 aliphatic carbocycles. The molecule has 0 bridgehead atoms. The molecule has 1 aromatic carbocycles. The van der Waals surface area contributed by atoms with Crippen LogP contribution in [0.4, 0.5) is 0 Å². The zero-order chi connectivity index (χ0) is 15.2. The molecule has 1 saturated heterocycles. The molecule has 1 atom stereocenters. The fraction of sp³-hybridized carbons (Fsp3) is 0.588. The number of halogens is 1. The van der Waals surface area contributed by atoms with E-state index in [-0.39, 0.29) is 37.1 Å². The van der Waals surface area contributed by atoms with E-state index in [1.807, 2.05) is 18.7 Å². The molecule has 124 valence electrons. The molecule has 22 heavy (non-hydrogen) atoms. The number of aryl methyl sites for hydroxylation is 1. The number of benzene rings is 1. The number of hydrogen-bond acceptors (Lipinski definition) is 3. The molecule has 1 N–H and O–H groups in total. The van der Waals surface area contributed by atoms with Gasteiger partial charge in [0, 0.05) is 19.6 Å². The second-order valence-electron chi connectivity index (χ2n) is 5.76. The standard InChI is InChI=1S/C17H26N2O2.ClH/c1-4-14-5-7-15(8-6-14)16-11-18-9-10-19(16)17(20)12-21-13(2)3;/h5-8,13,16,18H,4,9-12H2,1-3H3;1H. The Labute approximate surface area is 139 Å². The zero-order valence-electron chi connectivity index (χ0n) is 13.7. The van der Waals surface area contributed by atoms with Crippen LogP contribution in [0.3, 0.4) is 0 Å². The number of amides is 1. The van der Waals surface area contributed by atoms with Gasteiger partial charge in [0.2, 0.25) is 5.91 Å². The summed E-state index contributed by atoms with van der Waals surface area (Å²) in [5.74, 6) is 0.0785. The molecule has 4 nitrogen and oxygen atoms in total. The third-order valence-corrected chi connectivity index (χ3v) is 3.88. The summed E-state index contributed by atoms with van der Waals surface area (Å²) in [4.78, 5) is 14.3. The molecule has 0 saturated carbocycles. The van der Waals surface area contributed by atoms with Crippen molar-refractivity contribution in [1.29, 1.82) is 0 Å². The van der Waals surface area contributed by atoms with Gasteiger partial charge in [-0.2, -0.15) is 0 Å². The van der Waals surface area contributed by atoms with Crippen molar-refractivity contribution in [3.63, 3.8) is 0 Å². The van der Waals surface area contributed by atoms with Crippen LogP contribution in [0, 0.1) is 0 Å². The molecule has 2 rings (SSSR count). The van der Waals surface area contributed by atoms with E-state index >= 15 is 0 Å². The molecular formula is C17H27ClN2O2. The molecule has 0 aromatic heterocycles. The van der Waals surface area contributed by atoms with Gasteiger partial charge in [-0.1, -0.05) is 31.2 Å². The van der Waals surface area contributed by atoms with Gasteiger partial charge in [-0.15, -0.1) is 12.4 Å². The fourth-order valence-corrected chi connectivity index (χ4v) is 2.60. The minimum atomic E-state index is 0. The second kappa shape index (κ2) is 9.13. The molecule has 1 aliphatic rings. The monoisotopic (exact) mass is 326 g/mol. The molecule has 1 aliphatic heterocycles. The van der Waals surface area contributed by atoms with Crippen molar-refractivity contribution in [3.8, 4) is 0 Å². The van der Waals surface area contributed by atoms with Crippen LogP contribution in [0.15, 0.2) is 24.3 Å². The van der Waals surface area contributed by atoms with Crippen LogP contribution in [-0.4, -0.2) is 43.2 Å². The SMILES string of the molecule is CCc1ccc(C2CNCCN2C(=O)COC(C)C)cc1.Cl. The first kappa shape index (κ1) is 18.9. The van der Waals surface area contributed by atoms with Crippen molar-refractivity contribution in [2.45, 2.75) is 39.3 Å². The number of ether oxygens (including phenoxy) is 1. The number of carbonyl (C=O) groups is 1. The predicted octanol–water partition coefficient (Wildman–Crippen LogP) is 2.57. The Kier molecular flexibility index (Phi) is 7.87. The lowest BCUT2D eigenvalue weighted by atomic mass is 10.0. The van der Waals surface area contributed by atoms with Gasteiger partial charge in [-0.25, -0.2) is 0 Å². The van der Waals surface area contributed by atoms with Crippen molar-refractivity contribution in [2.24, 2.45) is 0 Å². The minimum absolute atomic E-state index is 0. The summed E-state index contributed by atoms with van der Waals surface area (Å²) in [5, 5.41) is 3.38. The number of rotatable bonds is 5. The van der Waals surface area contributed by atoms with Crippen molar-refractivity contribution >= 4 is 18.3 Å². The number of nitrogens with one attached hydrogen (secondary N) is 1. The van der Waals surface area contributed by atoms with Crippen molar-refractivity contribution in [2.75, 3.05) is 26.2 Å². The van der Waals surface area contributed by atoms with Gasteiger partial charge >= 0.3 is 0 Å². The normalized spacial score (nSPS) is 18.2. The number of carbonyl (C=O) groups excluding carboxylic acids is 1. The molecule has 5 heteroatoms. The highest BCUT2D eigenvalue weighted by atomic mass is 35.5. The van der Waals surface area contributed by atoms with Crippen molar-refractivity contribution in [3.05, 3.63) is 35.4 Å². The van der Waals surface area contributed by atoms with E-state index in [9.17, 15) is 4.79 Å². The maximum absolute atomic E-state index is 12.4. The van der Waals surface area contributed by atoms with Gasteiger partial charge in [0.15, 0.2) is 0 Å². The summed E-state index contributed by atoms with van der Waals surface area (Å²) in [6, 6.07) is 8.68. The minimum Gasteiger partial charge on any atom is -0.369 e. The molecule has 1 fully saturated rings. The molecule has 1 amide bonds. The second-order valence-corrected chi connectivity index (χ2v) is 5.76. The Morgan fingerprint density at radius 2 is 2.05 bits per heavy atom. The third kappa shape index (κ3) is 4.97. The quantitative estimate of drug-likeness (QED) is 0.904. The average Bonchev–Trinajstić information content (AvgIpc) is 2.52. The average molecular weight is 327 g/mol. The van der Waals surface area contributed by atoms with Gasteiger partial charge in [0.05, 0.1) is 12.1 Å². The molecule has 1 unspecified atom stereocenters. The van der Waals surface area contributed by atoms with E-state index in [1.54, 1.807) is 0 Å². The lowest BCUT2D eigenvalue weighted by molar-refractivity contribution is -0.141. The Balaban J connectivity index is 0.00000242. The van der Waals surface area contributed by atoms with Crippen LogP contribution in [0.1, 0.15) is 37.9 Å². The summed E-state index contributed by atoms with van der Waals surface area (Å²) < 4.78 is 5.47. The first-order valence-electron chi connectivity index (χ1n) is 7.82. The largest absolute Gasteiger partial charge is 0.369 e. The number of nitrogens with zero attached hydrogens (tertiary/aromatic N) is 1. The third-order valence-electron chi connectivity index (χ3n) is 3.88. The smallest absolute Gasteiger partial charge is 0.249 e. The Bertz CT molecular complexity index is 462. The van der Waals surface area contributed by atoms with Gasteiger partial charge in [-0.3, -0.25) is 4.79 Å². The Morgan fingerprint density at radius 3 is 2.64 bits per heavy atom. The molecule has 1 aromatic rings. The van der Waals surface area contributed by atoms with Crippen molar-refractivity contribution < 1.29 is 9.53 Å². The first-order valence-corrected chi connectivity index (χ1v) is 7.82. The summed E-state index contributed by atoms with van der Waals surface area (Å²) in [5.41, 5.74) is 2.51. The molecule has 0 radical (unpaired) electrons. The Morgan fingerprint density at radius 1 is 1.36 bits per heavy atom. The highest BCUT2D eigenvalue weighted by Gasteiger charge is 2.27. The van der Waals surface area contributed by atoms with E-state index in [2.05, 4.69) is 36.5 Å². The van der Waals surface area contributed by atoms with Crippen LogP contribution in [0.25, 0.3) is 0 Å². The summed E-state index contributed by atoms with van der Waals surface area (Å²) in [6.45, 7) is 8.60. The summed E-state index contributed by atoms with van der Waals surface area (Å²) in [6.07, 6.45) is 1.12. The van der Waals surface area contributed by atoms with Gasteiger partial charge < -0.3 is 15.0 Å². The van der Waals surface area contributed by atoms with Gasteiger partial charge in [0.1, 0.15) is 6.61 Å². The highest BCUT2D eigenvalue weighted by molar-refractivity contribution is 5.85. The van der Waals surface area contributed by atoms with Crippen LogP contribution >= 0.6 is 12.4 Å². The first-order chi connectivity index (χ1) is 10.1. The van der Waals surface area contributed by atoms with Crippen LogP contribution < -0.4 is 5.32 Å². The lowest BCUT2D eigenvalue weighted by Gasteiger charge is -2.36. The molecule has 0 spiro atoms. The van der Waals surface area contributed by atoms with Crippen LogP contribution in [0.5, 0.6) is 0 Å². The van der Waals surface area contributed by atoms with E-state index in [0.29, 0.717) is 0 Å². The Hall–Kier alpha value is -1.10. The van der Waals surface area contributed by atoms with Crippen LogP contribution in [0.2, 0.25) is 0 Å². The fourth-order valence-electron chi connectivity index (χ4n) is 2.60. The topological polar surface area (TPSA) is 41.6 Å². The summed E-state index contributed by atoms with van der Waals surface area (Å²) >= 11 is 0. The highest BCUT2D eigenvalue weighted by Crippen LogP contribution is 2.23. The summed E-state index contributed by atoms with van der Waals surface area (Å²) in [7, 11) is 0. The van der Waals surface area contributed by atoms with E-state index < -0.39 is 0 Å². The maximum atomic E-state index is 12.4. The van der Waals surface area contributed by atoms with Gasteiger partial charge in [-0.05, 0) is 31.4 Å². The molecule has 1 heterocycles. The number of piperazine rings is 1. The van der Waals surface area contributed by atoms with E-state index in [1.165, 1.54) is 11.1 Å². The zero-order valence-corrected chi connectivity index (χ0v) is 14.5. The van der Waals surface area contributed by atoms with E-state index in [0.717, 1.165) is 26.1 Å². The number of hydrogen-bond donors (Lipinski definition) is 1. The predicted molar refractivity (Wildman–Crippen MR) is 91.5 cm³/mol. The van der Waals surface area contributed by atoms with Crippen molar-refractivity contribution in [1.82, 2.24) is 10.2 Å². The maximum Gasteiger partial charge on any atom is 0.249 e. The lowest BCUT2D eigenvalue weighted by Crippen LogP contribution is -2.49. The van der Waals surface area contributed by atoms with Gasteiger partial charge in [0.25, 0.3) is 0 Å².